The number of rotatable bonds is 6. The minimum atomic E-state index is -0.524. The third-order valence-electron chi connectivity index (χ3n) is 4.91. The summed E-state index contributed by atoms with van der Waals surface area (Å²) in [5.74, 6) is 0.160. The zero-order chi connectivity index (χ0) is 23.5. The maximum absolute atomic E-state index is 12.8. The number of amides is 1. The lowest BCUT2D eigenvalue weighted by atomic mass is 10.1. The maximum Gasteiger partial charge on any atom is 0.337 e. The number of benzene rings is 2. The fourth-order valence-corrected chi connectivity index (χ4v) is 3.50. The van der Waals surface area contributed by atoms with Gasteiger partial charge in [-0.2, -0.15) is 5.10 Å². The lowest BCUT2D eigenvalue weighted by Crippen LogP contribution is -2.13. The van der Waals surface area contributed by atoms with E-state index in [2.05, 4.69) is 20.1 Å². The summed E-state index contributed by atoms with van der Waals surface area (Å²) in [4.78, 5) is 28.8. The normalized spacial score (nSPS) is 10.7. The van der Waals surface area contributed by atoms with E-state index in [0.717, 1.165) is 5.56 Å². The van der Waals surface area contributed by atoms with E-state index in [1.54, 1.807) is 43.1 Å². The Bertz CT molecular complexity index is 1370. The van der Waals surface area contributed by atoms with Gasteiger partial charge in [0.25, 0.3) is 5.91 Å². The third-order valence-corrected chi connectivity index (χ3v) is 5.22. The lowest BCUT2D eigenvalue weighted by Gasteiger charge is -2.10. The number of carbonyl (C=O) groups is 2. The van der Waals surface area contributed by atoms with Crippen molar-refractivity contribution in [1.29, 1.82) is 0 Å². The van der Waals surface area contributed by atoms with Crippen LogP contribution in [0.15, 0.2) is 54.7 Å². The van der Waals surface area contributed by atoms with Crippen LogP contribution in [0.4, 0.5) is 5.69 Å². The first-order valence-corrected chi connectivity index (χ1v) is 10.1. The number of aromatic nitrogens is 3. The highest BCUT2D eigenvalue weighted by molar-refractivity contribution is 6.34. The summed E-state index contributed by atoms with van der Waals surface area (Å²) in [7, 11) is 4.40. The summed E-state index contributed by atoms with van der Waals surface area (Å²) < 4.78 is 16.9. The number of hydrogen-bond acceptors (Lipinski definition) is 7. The highest BCUT2D eigenvalue weighted by Gasteiger charge is 2.17. The first kappa shape index (κ1) is 22.1. The molecule has 0 bridgehead atoms. The Kier molecular flexibility index (Phi) is 6.14. The minimum absolute atomic E-state index is 0.142. The van der Waals surface area contributed by atoms with E-state index in [1.165, 1.54) is 25.3 Å². The number of anilines is 1. The molecule has 10 heteroatoms. The van der Waals surface area contributed by atoms with Gasteiger partial charge in [-0.25, -0.2) is 14.3 Å². The molecule has 0 aliphatic carbocycles. The Balaban J connectivity index is 1.65. The summed E-state index contributed by atoms with van der Waals surface area (Å²) in [5, 5.41) is 7.32. The van der Waals surface area contributed by atoms with Crippen molar-refractivity contribution in [3.05, 3.63) is 71.0 Å². The van der Waals surface area contributed by atoms with Crippen molar-refractivity contribution in [2.45, 2.75) is 0 Å². The summed E-state index contributed by atoms with van der Waals surface area (Å²) >= 11 is 6.22. The molecule has 4 rings (SSSR count). The van der Waals surface area contributed by atoms with Crippen LogP contribution in [0.2, 0.25) is 5.02 Å². The zero-order valence-electron chi connectivity index (χ0n) is 18.0. The number of ether oxygens (including phenoxy) is 3. The monoisotopic (exact) mass is 466 g/mol. The summed E-state index contributed by atoms with van der Waals surface area (Å²) in [6.45, 7) is 0. The van der Waals surface area contributed by atoms with E-state index in [1.807, 2.05) is 12.1 Å². The van der Waals surface area contributed by atoms with Gasteiger partial charge in [-0.1, -0.05) is 11.6 Å². The second-order valence-electron chi connectivity index (χ2n) is 6.84. The molecule has 1 N–H and O–H groups in total. The average molecular weight is 467 g/mol. The molecule has 0 saturated carbocycles. The van der Waals surface area contributed by atoms with Crippen molar-refractivity contribution < 1.29 is 23.8 Å². The number of hydrogen-bond donors (Lipinski definition) is 1. The van der Waals surface area contributed by atoms with Gasteiger partial charge in [-0.3, -0.25) is 4.79 Å². The first-order chi connectivity index (χ1) is 15.9. The molecular weight excluding hydrogens is 448 g/mol. The SMILES string of the molecule is COC(=O)c1ccc(NC(=O)c2cc3nccc(-c4ccc(OC)c(OC)c4)n3n2)c(Cl)c1. The minimum Gasteiger partial charge on any atom is -0.493 e. The highest BCUT2D eigenvalue weighted by atomic mass is 35.5. The average Bonchev–Trinajstić information content (AvgIpc) is 3.29. The van der Waals surface area contributed by atoms with E-state index in [-0.39, 0.29) is 16.3 Å². The topological polar surface area (TPSA) is 104 Å². The van der Waals surface area contributed by atoms with E-state index in [4.69, 9.17) is 21.1 Å². The Morgan fingerprint density at radius 1 is 0.970 bits per heavy atom. The number of esters is 1. The Labute approximate surface area is 193 Å². The number of nitrogens with one attached hydrogen (secondary N) is 1. The van der Waals surface area contributed by atoms with Crippen molar-refractivity contribution in [3.63, 3.8) is 0 Å². The third kappa shape index (κ3) is 4.31. The molecule has 0 unspecified atom stereocenters. The summed E-state index contributed by atoms with van der Waals surface area (Å²) in [6.07, 6.45) is 1.63. The van der Waals surface area contributed by atoms with Gasteiger partial charge < -0.3 is 19.5 Å². The molecule has 1 amide bonds. The molecule has 0 spiro atoms. The zero-order valence-corrected chi connectivity index (χ0v) is 18.7. The van der Waals surface area contributed by atoms with Crippen LogP contribution in [0.1, 0.15) is 20.8 Å². The second-order valence-corrected chi connectivity index (χ2v) is 7.25. The number of methoxy groups -OCH3 is 3. The highest BCUT2D eigenvalue weighted by Crippen LogP contribution is 2.32. The molecule has 0 atom stereocenters. The molecule has 168 valence electrons. The van der Waals surface area contributed by atoms with Gasteiger partial charge in [0.2, 0.25) is 0 Å². The van der Waals surface area contributed by atoms with Crippen LogP contribution >= 0.6 is 11.6 Å². The molecule has 9 nitrogen and oxygen atoms in total. The number of fused-ring (bicyclic) bond motifs is 1. The van der Waals surface area contributed by atoms with Gasteiger partial charge in [0, 0.05) is 17.8 Å². The molecule has 2 aromatic heterocycles. The molecular formula is C23H19ClN4O5. The molecule has 0 aliphatic heterocycles. The van der Waals surface area contributed by atoms with Crippen LogP contribution in [0, 0.1) is 0 Å². The van der Waals surface area contributed by atoms with E-state index in [9.17, 15) is 9.59 Å². The number of nitrogens with zero attached hydrogens (tertiary/aromatic N) is 3. The lowest BCUT2D eigenvalue weighted by molar-refractivity contribution is 0.0600. The van der Waals surface area contributed by atoms with Gasteiger partial charge >= 0.3 is 5.97 Å². The first-order valence-electron chi connectivity index (χ1n) is 9.71. The smallest absolute Gasteiger partial charge is 0.337 e. The Morgan fingerprint density at radius 2 is 1.76 bits per heavy atom. The van der Waals surface area contributed by atoms with Crippen LogP contribution in [0.5, 0.6) is 11.5 Å². The van der Waals surface area contributed by atoms with Crippen molar-refractivity contribution in [2.75, 3.05) is 26.6 Å². The fourth-order valence-electron chi connectivity index (χ4n) is 3.27. The summed E-state index contributed by atoms with van der Waals surface area (Å²) in [6, 6.07) is 13.3. The molecule has 0 radical (unpaired) electrons. The van der Waals surface area contributed by atoms with Crippen molar-refractivity contribution >= 4 is 34.8 Å². The number of halogens is 1. The van der Waals surface area contributed by atoms with E-state index >= 15 is 0 Å². The standard InChI is InChI=1S/C23H19ClN4O5/c1-31-19-7-5-13(11-20(19)32-2)18-8-9-25-21-12-17(27-28(18)21)22(29)26-16-6-4-14(10-15(16)24)23(30)33-3/h4-12H,1-3H3,(H,26,29). The molecule has 33 heavy (non-hydrogen) atoms. The van der Waals surface area contributed by atoms with E-state index < -0.39 is 11.9 Å². The predicted octanol–water partition coefficient (Wildman–Crippen LogP) is 4.11. The van der Waals surface area contributed by atoms with Gasteiger partial charge in [-0.15, -0.1) is 0 Å². The van der Waals surface area contributed by atoms with Crippen LogP contribution in [-0.4, -0.2) is 47.8 Å². The fraction of sp³-hybridized carbons (Fsp3) is 0.130. The van der Waals surface area contributed by atoms with Crippen molar-refractivity contribution in [3.8, 4) is 22.8 Å². The molecule has 0 aliphatic rings. The molecule has 2 aromatic carbocycles. The van der Waals surface area contributed by atoms with Crippen molar-refractivity contribution in [2.24, 2.45) is 0 Å². The Hall–Kier alpha value is -4.11. The summed E-state index contributed by atoms with van der Waals surface area (Å²) in [5.41, 5.74) is 2.75. The molecule has 4 aromatic rings. The Morgan fingerprint density at radius 3 is 2.45 bits per heavy atom. The molecule has 0 saturated heterocycles. The molecule has 2 heterocycles. The largest absolute Gasteiger partial charge is 0.493 e. The van der Waals surface area contributed by atoms with Gasteiger partial charge in [0.15, 0.2) is 22.8 Å². The molecule has 0 fully saturated rings. The number of carbonyl (C=O) groups excluding carboxylic acids is 2. The second kappa shape index (κ2) is 9.17. The van der Waals surface area contributed by atoms with Crippen LogP contribution in [0.25, 0.3) is 16.9 Å². The quantitative estimate of drug-likeness (QED) is 0.426. The van der Waals surface area contributed by atoms with Gasteiger partial charge in [-0.05, 0) is 42.5 Å². The van der Waals surface area contributed by atoms with Gasteiger partial charge in [0.1, 0.15) is 0 Å². The van der Waals surface area contributed by atoms with Gasteiger partial charge in [0.05, 0.1) is 43.3 Å². The van der Waals surface area contributed by atoms with E-state index in [0.29, 0.717) is 28.5 Å². The van der Waals surface area contributed by atoms with Crippen LogP contribution < -0.4 is 14.8 Å². The maximum atomic E-state index is 12.8. The van der Waals surface area contributed by atoms with Crippen LogP contribution in [-0.2, 0) is 4.74 Å². The van der Waals surface area contributed by atoms with Crippen molar-refractivity contribution in [1.82, 2.24) is 14.6 Å². The predicted molar refractivity (Wildman–Crippen MR) is 122 cm³/mol. The van der Waals surface area contributed by atoms with Crippen LogP contribution in [0.3, 0.4) is 0 Å².